The van der Waals surface area contributed by atoms with E-state index in [1.54, 1.807) is 0 Å². The fourth-order valence-electron chi connectivity index (χ4n) is 2.91. The first kappa shape index (κ1) is 21.2. The zero-order valence-corrected chi connectivity index (χ0v) is 15.0. The molecule has 0 aromatic carbocycles. The van der Waals surface area contributed by atoms with E-state index in [9.17, 15) is 26.4 Å². The highest BCUT2D eigenvalue weighted by atomic mass is 32.2. The highest BCUT2D eigenvalue weighted by Crippen LogP contribution is 2.25. The quantitative estimate of drug-likeness (QED) is 0.758. The number of amides is 1. The van der Waals surface area contributed by atoms with Gasteiger partial charge in [-0.05, 0) is 25.2 Å². The van der Waals surface area contributed by atoms with E-state index in [0.29, 0.717) is 10.7 Å². The summed E-state index contributed by atoms with van der Waals surface area (Å²) in [6, 6.07) is -1.39. The van der Waals surface area contributed by atoms with Gasteiger partial charge in [0, 0.05) is 19.1 Å². The Bertz CT molecular complexity index is 529. The number of carbonyl (C=O) groups excluding carboxylic acids is 1. The van der Waals surface area contributed by atoms with E-state index in [0.717, 1.165) is 6.26 Å². The third kappa shape index (κ3) is 6.56. The number of nitrogens with two attached hydrogens (primary N) is 1. The number of nitrogens with zero attached hydrogens (tertiary/aromatic N) is 2. The number of piperidine rings is 1. The second-order valence-corrected chi connectivity index (χ2v) is 8.65. The fraction of sp³-hybridized carbons (Fsp3) is 0.929. The van der Waals surface area contributed by atoms with Crippen LogP contribution in [0.5, 0.6) is 0 Å². The molecule has 6 nitrogen and oxygen atoms in total. The van der Waals surface area contributed by atoms with Crippen molar-refractivity contribution in [1.29, 1.82) is 0 Å². The van der Waals surface area contributed by atoms with Crippen molar-refractivity contribution in [2.24, 2.45) is 11.7 Å². The lowest BCUT2D eigenvalue weighted by molar-refractivity contribution is -0.143. The predicted octanol–water partition coefficient (Wildman–Crippen LogP) is 1.17. The number of rotatable bonds is 6. The van der Waals surface area contributed by atoms with Gasteiger partial charge >= 0.3 is 6.18 Å². The molecule has 0 aromatic rings. The third-order valence-corrected chi connectivity index (χ3v) is 5.27. The SMILES string of the molecule is CC(C)C[C@H](N)C(=O)N1CCC(N(CC(F)(F)F)S(C)(=O)=O)CC1. The van der Waals surface area contributed by atoms with E-state index in [2.05, 4.69) is 0 Å². The summed E-state index contributed by atoms with van der Waals surface area (Å²) in [6.45, 7) is 2.80. The van der Waals surface area contributed by atoms with Gasteiger partial charge in [-0.25, -0.2) is 8.42 Å². The number of hydrogen-bond acceptors (Lipinski definition) is 4. The van der Waals surface area contributed by atoms with Crippen molar-refractivity contribution in [1.82, 2.24) is 9.21 Å². The maximum atomic E-state index is 12.6. The van der Waals surface area contributed by atoms with Crippen LogP contribution < -0.4 is 5.73 Å². The highest BCUT2D eigenvalue weighted by molar-refractivity contribution is 7.88. The summed E-state index contributed by atoms with van der Waals surface area (Å²) in [4.78, 5) is 13.7. The molecule has 0 bridgehead atoms. The molecule has 0 radical (unpaired) electrons. The molecule has 1 heterocycles. The molecule has 0 unspecified atom stereocenters. The Balaban J connectivity index is 2.70. The minimum absolute atomic E-state index is 0.170. The standard InChI is InChI=1S/C14H26F3N3O3S/c1-10(2)8-12(18)13(21)19-6-4-11(5-7-19)20(24(3,22)23)9-14(15,16)17/h10-12H,4-9,18H2,1-3H3/t12-/m0/s1. The Morgan fingerprint density at radius 2 is 1.79 bits per heavy atom. The van der Waals surface area contributed by atoms with Crippen molar-refractivity contribution >= 4 is 15.9 Å². The average Bonchev–Trinajstić information content (AvgIpc) is 2.41. The van der Waals surface area contributed by atoms with Gasteiger partial charge in [0.15, 0.2) is 0 Å². The van der Waals surface area contributed by atoms with Gasteiger partial charge in [0.05, 0.1) is 12.3 Å². The van der Waals surface area contributed by atoms with Crippen LogP contribution in [0.1, 0.15) is 33.1 Å². The van der Waals surface area contributed by atoms with Gasteiger partial charge in [-0.3, -0.25) is 4.79 Å². The van der Waals surface area contributed by atoms with E-state index in [1.807, 2.05) is 13.8 Å². The summed E-state index contributed by atoms with van der Waals surface area (Å²) in [6.07, 6.45) is -2.96. The molecule has 1 aliphatic heterocycles. The largest absolute Gasteiger partial charge is 0.402 e. The average molecular weight is 373 g/mol. The van der Waals surface area contributed by atoms with Crippen molar-refractivity contribution in [2.45, 2.75) is 51.4 Å². The van der Waals surface area contributed by atoms with Crippen LogP contribution in [-0.2, 0) is 14.8 Å². The molecule has 0 spiro atoms. The molecule has 0 saturated carbocycles. The zero-order chi connectivity index (χ0) is 18.7. The van der Waals surface area contributed by atoms with Crippen LogP contribution in [0.15, 0.2) is 0 Å². The minimum atomic E-state index is -4.60. The topological polar surface area (TPSA) is 83.7 Å². The van der Waals surface area contributed by atoms with E-state index >= 15 is 0 Å². The van der Waals surface area contributed by atoms with E-state index in [1.165, 1.54) is 4.90 Å². The van der Waals surface area contributed by atoms with Crippen LogP contribution in [0.3, 0.4) is 0 Å². The molecule has 1 atom stereocenters. The van der Waals surface area contributed by atoms with Gasteiger partial charge in [0.1, 0.15) is 6.54 Å². The molecule has 142 valence electrons. The van der Waals surface area contributed by atoms with Crippen LogP contribution in [0.25, 0.3) is 0 Å². The first-order chi connectivity index (χ1) is 10.8. The van der Waals surface area contributed by atoms with Crippen molar-refractivity contribution in [3.63, 3.8) is 0 Å². The molecule has 1 amide bonds. The van der Waals surface area contributed by atoms with E-state index < -0.39 is 34.8 Å². The monoisotopic (exact) mass is 373 g/mol. The Hall–Kier alpha value is -0.870. The predicted molar refractivity (Wildman–Crippen MR) is 84.6 cm³/mol. The van der Waals surface area contributed by atoms with Crippen molar-refractivity contribution in [3.8, 4) is 0 Å². The number of sulfonamides is 1. The number of likely N-dealkylation sites (tertiary alicyclic amines) is 1. The summed E-state index contributed by atoms with van der Waals surface area (Å²) in [5.74, 6) is 0.0258. The summed E-state index contributed by atoms with van der Waals surface area (Å²) in [5.41, 5.74) is 5.85. The lowest BCUT2D eigenvalue weighted by Crippen LogP contribution is -2.53. The van der Waals surface area contributed by atoms with Crippen LogP contribution in [0.2, 0.25) is 0 Å². The Labute approximate surface area is 141 Å². The third-order valence-electron chi connectivity index (χ3n) is 3.99. The van der Waals surface area contributed by atoms with Gasteiger partial charge in [-0.2, -0.15) is 17.5 Å². The summed E-state index contributed by atoms with van der Waals surface area (Å²) in [7, 11) is -3.98. The van der Waals surface area contributed by atoms with E-state index in [-0.39, 0.29) is 37.8 Å². The van der Waals surface area contributed by atoms with Crippen LogP contribution in [-0.4, -0.2) is 67.7 Å². The molecule has 1 aliphatic rings. The molecule has 1 saturated heterocycles. The van der Waals surface area contributed by atoms with Crippen molar-refractivity contribution in [3.05, 3.63) is 0 Å². The smallest absolute Gasteiger partial charge is 0.341 e. The number of halogens is 3. The van der Waals surface area contributed by atoms with Crippen LogP contribution in [0, 0.1) is 5.92 Å². The Morgan fingerprint density at radius 3 is 2.17 bits per heavy atom. The van der Waals surface area contributed by atoms with Crippen molar-refractivity contribution in [2.75, 3.05) is 25.9 Å². The molecule has 0 aromatic heterocycles. The first-order valence-corrected chi connectivity index (χ1v) is 9.74. The molecule has 10 heteroatoms. The number of hydrogen-bond donors (Lipinski definition) is 1. The second kappa shape index (κ2) is 8.01. The Morgan fingerprint density at radius 1 is 1.29 bits per heavy atom. The summed E-state index contributed by atoms with van der Waals surface area (Å²) < 4.78 is 61.8. The van der Waals surface area contributed by atoms with Gasteiger partial charge in [0.25, 0.3) is 0 Å². The highest BCUT2D eigenvalue weighted by Gasteiger charge is 2.40. The van der Waals surface area contributed by atoms with Crippen LogP contribution in [0.4, 0.5) is 13.2 Å². The maximum Gasteiger partial charge on any atom is 0.402 e. The number of carbonyl (C=O) groups is 1. The fourth-order valence-corrected chi connectivity index (χ4v) is 4.04. The summed E-state index contributed by atoms with van der Waals surface area (Å²) in [5, 5.41) is 0. The molecule has 1 rings (SSSR count). The van der Waals surface area contributed by atoms with Crippen LogP contribution >= 0.6 is 0 Å². The lowest BCUT2D eigenvalue weighted by atomic mass is 10.0. The molecule has 2 N–H and O–H groups in total. The van der Waals surface area contributed by atoms with Gasteiger partial charge in [-0.1, -0.05) is 13.8 Å². The molecular weight excluding hydrogens is 347 g/mol. The molecule has 1 fully saturated rings. The maximum absolute atomic E-state index is 12.6. The van der Waals surface area contributed by atoms with Gasteiger partial charge < -0.3 is 10.6 Å². The molecule has 24 heavy (non-hydrogen) atoms. The van der Waals surface area contributed by atoms with Gasteiger partial charge in [0.2, 0.25) is 15.9 Å². The Kier molecular flexibility index (Phi) is 7.06. The first-order valence-electron chi connectivity index (χ1n) is 7.89. The summed E-state index contributed by atoms with van der Waals surface area (Å²) >= 11 is 0. The molecule has 0 aliphatic carbocycles. The van der Waals surface area contributed by atoms with E-state index in [4.69, 9.17) is 5.73 Å². The lowest BCUT2D eigenvalue weighted by Gasteiger charge is -2.38. The second-order valence-electron chi connectivity index (χ2n) is 6.72. The van der Waals surface area contributed by atoms with Crippen molar-refractivity contribution < 1.29 is 26.4 Å². The normalized spacial score (nSPS) is 19.1. The zero-order valence-electron chi connectivity index (χ0n) is 14.2. The van der Waals surface area contributed by atoms with Gasteiger partial charge in [-0.15, -0.1) is 0 Å². The molecular formula is C14H26F3N3O3S. The minimum Gasteiger partial charge on any atom is -0.341 e. The number of alkyl halides is 3.